The van der Waals surface area contributed by atoms with E-state index >= 15 is 0 Å². The van der Waals surface area contributed by atoms with Gasteiger partial charge in [-0.2, -0.15) is 4.98 Å². The number of likely N-dealkylation sites (tertiary alicyclic amines) is 1. The van der Waals surface area contributed by atoms with Crippen LogP contribution in [0.15, 0.2) is 4.52 Å². The Hall–Kier alpha value is -0.940. The molecule has 0 aliphatic carbocycles. The van der Waals surface area contributed by atoms with Crippen LogP contribution in [0.25, 0.3) is 0 Å². The molecule has 1 atom stereocenters. The maximum atomic E-state index is 5.46. The molecule has 5 heteroatoms. The molecule has 0 saturated carbocycles. The van der Waals surface area contributed by atoms with E-state index in [2.05, 4.69) is 28.9 Å². The second kappa shape index (κ2) is 4.93. The standard InChI is InChI=1S/C11H20N4O/c1-8(2)15-6-4-9(7-15)11-13-10(3-5-12)14-16-11/h8-9H,3-7,12H2,1-2H3. The van der Waals surface area contributed by atoms with Crippen molar-refractivity contribution in [3.63, 3.8) is 0 Å². The van der Waals surface area contributed by atoms with Crippen LogP contribution in [0.1, 0.15) is 37.9 Å². The van der Waals surface area contributed by atoms with E-state index in [1.165, 1.54) is 0 Å². The number of nitrogens with two attached hydrogens (primary N) is 1. The quantitative estimate of drug-likeness (QED) is 0.818. The summed E-state index contributed by atoms with van der Waals surface area (Å²) in [5.41, 5.74) is 5.46. The summed E-state index contributed by atoms with van der Waals surface area (Å²) in [6, 6.07) is 0.594. The zero-order valence-electron chi connectivity index (χ0n) is 10.0. The topological polar surface area (TPSA) is 68.2 Å². The molecule has 2 heterocycles. The lowest BCUT2D eigenvalue weighted by Gasteiger charge is -2.19. The van der Waals surface area contributed by atoms with Gasteiger partial charge < -0.3 is 15.2 Å². The van der Waals surface area contributed by atoms with Gasteiger partial charge in [0.1, 0.15) is 0 Å². The van der Waals surface area contributed by atoms with Crippen LogP contribution in [0.5, 0.6) is 0 Å². The van der Waals surface area contributed by atoms with Gasteiger partial charge in [0.05, 0.1) is 5.92 Å². The molecule has 1 fully saturated rings. The summed E-state index contributed by atoms with van der Waals surface area (Å²) < 4.78 is 5.29. The molecule has 0 radical (unpaired) electrons. The van der Waals surface area contributed by atoms with Crippen molar-refractivity contribution in [1.82, 2.24) is 15.0 Å². The van der Waals surface area contributed by atoms with E-state index in [9.17, 15) is 0 Å². The lowest BCUT2D eigenvalue weighted by molar-refractivity contribution is 0.265. The summed E-state index contributed by atoms with van der Waals surface area (Å²) in [6.45, 7) is 7.16. The molecule has 1 aromatic heterocycles. The molecule has 1 aliphatic rings. The fraction of sp³-hybridized carbons (Fsp3) is 0.818. The first-order valence-corrected chi connectivity index (χ1v) is 5.97. The zero-order valence-corrected chi connectivity index (χ0v) is 10.0. The highest BCUT2D eigenvalue weighted by atomic mass is 16.5. The summed E-state index contributed by atoms with van der Waals surface area (Å²) in [5, 5.41) is 3.94. The SMILES string of the molecule is CC(C)N1CCC(c2nc(CCN)no2)C1. The average molecular weight is 224 g/mol. The molecule has 16 heavy (non-hydrogen) atoms. The fourth-order valence-electron chi connectivity index (χ4n) is 2.12. The maximum Gasteiger partial charge on any atom is 0.231 e. The maximum absolute atomic E-state index is 5.46. The monoisotopic (exact) mass is 224 g/mol. The van der Waals surface area contributed by atoms with E-state index < -0.39 is 0 Å². The predicted molar refractivity (Wildman–Crippen MR) is 61.1 cm³/mol. The normalized spacial score (nSPS) is 22.1. The molecular formula is C11H20N4O. The number of hydrogen-bond donors (Lipinski definition) is 1. The Morgan fingerprint density at radius 2 is 2.38 bits per heavy atom. The van der Waals surface area contributed by atoms with Crippen molar-refractivity contribution in [2.24, 2.45) is 5.73 Å². The molecule has 2 rings (SSSR count). The Kier molecular flexibility index (Phi) is 3.56. The van der Waals surface area contributed by atoms with E-state index in [1.807, 2.05) is 0 Å². The highest BCUT2D eigenvalue weighted by molar-refractivity contribution is 4.99. The second-order valence-corrected chi connectivity index (χ2v) is 4.66. The third-order valence-electron chi connectivity index (χ3n) is 3.15. The molecule has 0 bridgehead atoms. The predicted octanol–water partition coefficient (Wildman–Crippen LogP) is 0.769. The third kappa shape index (κ3) is 2.41. The van der Waals surface area contributed by atoms with Crippen molar-refractivity contribution in [3.05, 3.63) is 11.7 Å². The van der Waals surface area contributed by atoms with Gasteiger partial charge in [-0.25, -0.2) is 0 Å². The summed E-state index contributed by atoms with van der Waals surface area (Å²) >= 11 is 0. The van der Waals surface area contributed by atoms with Crippen LogP contribution < -0.4 is 5.73 Å². The van der Waals surface area contributed by atoms with Gasteiger partial charge in [-0.15, -0.1) is 0 Å². The van der Waals surface area contributed by atoms with Crippen LogP contribution in [-0.4, -0.2) is 40.7 Å². The molecule has 0 amide bonds. The fourth-order valence-corrected chi connectivity index (χ4v) is 2.12. The van der Waals surface area contributed by atoms with E-state index in [-0.39, 0.29) is 0 Å². The van der Waals surface area contributed by atoms with E-state index in [0.29, 0.717) is 24.9 Å². The van der Waals surface area contributed by atoms with E-state index in [0.717, 1.165) is 31.2 Å². The van der Waals surface area contributed by atoms with Crippen LogP contribution in [0.3, 0.4) is 0 Å². The summed E-state index contributed by atoms with van der Waals surface area (Å²) in [4.78, 5) is 6.83. The van der Waals surface area contributed by atoms with E-state index in [4.69, 9.17) is 10.3 Å². The first kappa shape index (κ1) is 11.5. The number of nitrogens with zero attached hydrogens (tertiary/aromatic N) is 3. The number of hydrogen-bond acceptors (Lipinski definition) is 5. The van der Waals surface area contributed by atoms with Crippen LogP contribution in [-0.2, 0) is 6.42 Å². The smallest absolute Gasteiger partial charge is 0.231 e. The zero-order chi connectivity index (χ0) is 11.5. The lowest BCUT2D eigenvalue weighted by atomic mass is 10.1. The van der Waals surface area contributed by atoms with Crippen molar-refractivity contribution < 1.29 is 4.52 Å². The van der Waals surface area contributed by atoms with Gasteiger partial charge in [-0.3, -0.25) is 0 Å². The minimum atomic E-state index is 0.404. The molecule has 5 nitrogen and oxygen atoms in total. The summed E-state index contributed by atoms with van der Waals surface area (Å²) in [7, 11) is 0. The van der Waals surface area contributed by atoms with Crippen LogP contribution in [0, 0.1) is 0 Å². The minimum Gasteiger partial charge on any atom is -0.339 e. The first-order chi connectivity index (χ1) is 7.70. The van der Waals surface area contributed by atoms with Gasteiger partial charge in [-0.05, 0) is 33.4 Å². The lowest BCUT2D eigenvalue weighted by Crippen LogP contribution is -2.27. The molecule has 0 spiro atoms. The van der Waals surface area contributed by atoms with Crippen molar-refractivity contribution in [3.8, 4) is 0 Å². The average Bonchev–Trinajstić information content (AvgIpc) is 2.84. The summed E-state index contributed by atoms with van der Waals surface area (Å²) in [5.74, 6) is 1.92. The minimum absolute atomic E-state index is 0.404. The Balaban J connectivity index is 1.97. The molecule has 1 aromatic rings. The molecule has 1 saturated heterocycles. The Bertz CT molecular complexity index is 336. The van der Waals surface area contributed by atoms with Gasteiger partial charge in [0.2, 0.25) is 5.89 Å². The van der Waals surface area contributed by atoms with Crippen LogP contribution in [0.2, 0.25) is 0 Å². The molecule has 1 unspecified atom stereocenters. The largest absolute Gasteiger partial charge is 0.339 e. The van der Waals surface area contributed by atoms with Crippen molar-refractivity contribution in [1.29, 1.82) is 0 Å². The van der Waals surface area contributed by atoms with Crippen molar-refractivity contribution in [2.75, 3.05) is 19.6 Å². The third-order valence-corrected chi connectivity index (χ3v) is 3.15. The van der Waals surface area contributed by atoms with Gasteiger partial charge >= 0.3 is 0 Å². The molecule has 2 N–H and O–H groups in total. The van der Waals surface area contributed by atoms with Crippen LogP contribution >= 0.6 is 0 Å². The van der Waals surface area contributed by atoms with Gasteiger partial charge in [0.15, 0.2) is 5.82 Å². The molecule has 0 aromatic carbocycles. The highest BCUT2D eigenvalue weighted by Gasteiger charge is 2.29. The molecule has 1 aliphatic heterocycles. The van der Waals surface area contributed by atoms with Gasteiger partial charge in [0, 0.05) is 19.0 Å². The summed E-state index contributed by atoms with van der Waals surface area (Å²) in [6.07, 6.45) is 1.81. The van der Waals surface area contributed by atoms with Crippen LogP contribution in [0.4, 0.5) is 0 Å². The molecular weight excluding hydrogens is 204 g/mol. The first-order valence-electron chi connectivity index (χ1n) is 5.97. The second-order valence-electron chi connectivity index (χ2n) is 4.66. The van der Waals surface area contributed by atoms with Crippen molar-refractivity contribution >= 4 is 0 Å². The van der Waals surface area contributed by atoms with Crippen molar-refractivity contribution in [2.45, 2.75) is 38.6 Å². The van der Waals surface area contributed by atoms with Gasteiger partial charge in [-0.1, -0.05) is 5.16 Å². The molecule has 90 valence electrons. The number of aromatic nitrogens is 2. The highest BCUT2D eigenvalue weighted by Crippen LogP contribution is 2.26. The Morgan fingerprint density at radius 3 is 3.00 bits per heavy atom. The number of rotatable bonds is 4. The van der Waals surface area contributed by atoms with Gasteiger partial charge in [0.25, 0.3) is 0 Å². The Labute approximate surface area is 96.0 Å². The Morgan fingerprint density at radius 1 is 1.56 bits per heavy atom. The van der Waals surface area contributed by atoms with E-state index in [1.54, 1.807) is 0 Å².